The number of alkyl halides is 2. The van der Waals surface area contributed by atoms with Gasteiger partial charge < -0.3 is 19.7 Å². The highest BCUT2D eigenvalue weighted by Crippen LogP contribution is 2.30. The van der Waals surface area contributed by atoms with Gasteiger partial charge >= 0.3 is 6.61 Å². The first-order valence-corrected chi connectivity index (χ1v) is 10.3. The van der Waals surface area contributed by atoms with Crippen molar-refractivity contribution >= 4 is 29.9 Å². The molecule has 1 aromatic carbocycles. The minimum atomic E-state index is -2.81. The van der Waals surface area contributed by atoms with E-state index < -0.39 is 6.61 Å². The third-order valence-electron chi connectivity index (χ3n) is 5.92. The van der Waals surface area contributed by atoms with Crippen LogP contribution in [0.1, 0.15) is 31.2 Å². The van der Waals surface area contributed by atoms with Crippen molar-refractivity contribution in [3.63, 3.8) is 0 Å². The van der Waals surface area contributed by atoms with Crippen LogP contribution in [0.5, 0.6) is 5.75 Å². The molecule has 170 valence electrons. The summed E-state index contributed by atoms with van der Waals surface area (Å²) in [5, 5.41) is 3.57. The van der Waals surface area contributed by atoms with Gasteiger partial charge in [-0.25, -0.2) is 0 Å². The van der Waals surface area contributed by atoms with E-state index in [1.165, 1.54) is 12.8 Å². The van der Waals surface area contributed by atoms with Crippen LogP contribution < -0.4 is 10.1 Å². The van der Waals surface area contributed by atoms with E-state index in [4.69, 9.17) is 4.74 Å². The molecule has 0 radical (unpaired) electrons. The first kappa shape index (κ1) is 25.1. The monoisotopic (exact) mass is 538 g/mol. The lowest BCUT2D eigenvalue weighted by molar-refractivity contribution is -0.0498. The number of hydrogen-bond donors (Lipinski definition) is 1. The van der Waals surface area contributed by atoms with Gasteiger partial charge in [0.2, 0.25) is 0 Å². The molecule has 30 heavy (non-hydrogen) atoms. The van der Waals surface area contributed by atoms with E-state index in [-0.39, 0.29) is 35.3 Å². The number of aliphatic imine (C=N–C) groups is 1. The van der Waals surface area contributed by atoms with E-state index >= 15 is 0 Å². The second kappa shape index (κ2) is 12.0. The highest BCUT2D eigenvalue weighted by molar-refractivity contribution is 14.0. The molecular formula is C21H33F2IN4O2. The Kier molecular flexibility index (Phi) is 10.0. The highest BCUT2D eigenvalue weighted by atomic mass is 127. The van der Waals surface area contributed by atoms with Crippen LogP contribution in [0.3, 0.4) is 0 Å². The number of benzene rings is 1. The number of nitrogens with zero attached hydrogens (tertiary/aromatic N) is 3. The zero-order chi connectivity index (χ0) is 20.7. The predicted molar refractivity (Wildman–Crippen MR) is 125 cm³/mol. The zero-order valence-electron chi connectivity index (χ0n) is 17.8. The lowest BCUT2D eigenvalue weighted by Crippen LogP contribution is -2.58. The molecule has 0 saturated carbocycles. The van der Waals surface area contributed by atoms with Gasteiger partial charge in [-0.1, -0.05) is 12.1 Å². The Morgan fingerprint density at radius 1 is 1.23 bits per heavy atom. The van der Waals surface area contributed by atoms with Crippen LogP contribution in [-0.4, -0.2) is 74.9 Å². The van der Waals surface area contributed by atoms with Crippen LogP contribution in [0, 0.1) is 0 Å². The second-order valence-corrected chi connectivity index (χ2v) is 7.81. The highest BCUT2D eigenvalue weighted by Gasteiger charge is 2.39. The Morgan fingerprint density at radius 3 is 2.43 bits per heavy atom. The largest absolute Gasteiger partial charge is 0.435 e. The fraction of sp³-hybridized carbons (Fsp3) is 0.667. The number of halogens is 3. The third-order valence-corrected chi connectivity index (χ3v) is 5.92. The Balaban J connectivity index is 0.00000320. The Morgan fingerprint density at radius 2 is 1.87 bits per heavy atom. The van der Waals surface area contributed by atoms with Crippen LogP contribution in [0.25, 0.3) is 0 Å². The summed E-state index contributed by atoms with van der Waals surface area (Å²) in [7, 11) is 3.76. The zero-order valence-corrected chi connectivity index (χ0v) is 20.1. The van der Waals surface area contributed by atoms with Crippen molar-refractivity contribution in [1.82, 2.24) is 15.1 Å². The summed E-state index contributed by atoms with van der Waals surface area (Å²) in [4.78, 5) is 9.11. The van der Waals surface area contributed by atoms with Gasteiger partial charge in [-0.2, -0.15) is 8.78 Å². The summed E-state index contributed by atoms with van der Waals surface area (Å²) in [6.07, 6.45) is 4.60. The number of hydrogen-bond acceptors (Lipinski definition) is 4. The van der Waals surface area contributed by atoms with E-state index in [0.29, 0.717) is 6.54 Å². The number of nitrogens with one attached hydrogen (secondary N) is 1. The van der Waals surface area contributed by atoms with Gasteiger partial charge in [0, 0.05) is 45.9 Å². The summed E-state index contributed by atoms with van der Waals surface area (Å²) in [6.45, 7) is 2.58. The fourth-order valence-corrected chi connectivity index (χ4v) is 4.30. The van der Waals surface area contributed by atoms with Crippen LogP contribution in [0.2, 0.25) is 0 Å². The second-order valence-electron chi connectivity index (χ2n) is 7.81. The third kappa shape index (κ3) is 6.65. The first-order chi connectivity index (χ1) is 14.0. The summed E-state index contributed by atoms with van der Waals surface area (Å²) in [5.41, 5.74) is 1.12. The Bertz CT molecular complexity index is 663. The Labute approximate surface area is 195 Å². The molecule has 0 aliphatic carbocycles. The standard InChI is InChI=1S/C21H32F2N4O2.HI/c1-24-20(26(2)15-17-5-7-18(8-6-17)29-19(22)23)25-16-21(9-13-28-14-10-21)27-11-3-4-12-27;/h5-8,19H,3-4,9-16H2,1-2H3,(H,24,25);1H. The molecule has 2 fully saturated rings. The van der Waals surface area contributed by atoms with E-state index in [1.807, 2.05) is 11.9 Å². The molecule has 0 bridgehead atoms. The minimum absolute atomic E-state index is 0. The smallest absolute Gasteiger partial charge is 0.387 e. The van der Waals surface area contributed by atoms with Gasteiger partial charge in [-0.05, 0) is 56.5 Å². The van der Waals surface area contributed by atoms with Crippen molar-refractivity contribution < 1.29 is 18.3 Å². The lowest BCUT2D eigenvalue weighted by Gasteiger charge is -2.45. The maximum absolute atomic E-state index is 12.3. The van der Waals surface area contributed by atoms with Crippen molar-refractivity contribution in [2.75, 3.05) is 46.9 Å². The maximum atomic E-state index is 12.3. The number of rotatable bonds is 7. The molecular weight excluding hydrogens is 505 g/mol. The molecule has 9 heteroatoms. The summed E-state index contributed by atoms with van der Waals surface area (Å²) in [6, 6.07) is 6.73. The van der Waals surface area contributed by atoms with Crippen LogP contribution in [0.4, 0.5) is 8.78 Å². The van der Waals surface area contributed by atoms with E-state index in [2.05, 4.69) is 19.9 Å². The molecule has 2 aliphatic rings. The number of guanidine groups is 1. The van der Waals surface area contributed by atoms with Crippen LogP contribution in [-0.2, 0) is 11.3 Å². The molecule has 0 spiro atoms. The van der Waals surface area contributed by atoms with Gasteiger partial charge in [-0.15, -0.1) is 24.0 Å². The summed E-state index contributed by atoms with van der Waals surface area (Å²) < 4.78 is 34.6. The molecule has 0 aromatic heterocycles. The number of likely N-dealkylation sites (tertiary alicyclic amines) is 1. The minimum Gasteiger partial charge on any atom is -0.435 e. The lowest BCUT2D eigenvalue weighted by atomic mass is 9.88. The fourth-order valence-electron chi connectivity index (χ4n) is 4.30. The number of ether oxygens (including phenoxy) is 2. The van der Waals surface area contributed by atoms with Gasteiger partial charge in [0.15, 0.2) is 5.96 Å². The van der Waals surface area contributed by atoms with E-state index in [9.17, 15) is 8.78 Å². The topological polar surface area (TPSA) is 49.3 Å². The first-order valence-electron chi connectivity index (χ1n) is 10.3. The molecule has 2 saturated heterocycles. The van der Waals surface area contributed by atoms with Gasteiger partial charge in [0.25, 0.3) is 0 Å². The SMILES string of the molecule is CN=C(NCC1(N2CCCC2)CCOCC1)N(C)Cc1ccc(OC(F)F)cc1.I. The summed E-state index contributed by atoms with van der Waals surface area (Å²) >= 11 is 0. The quantitative estimate of drug-likeness (QED) is 0.327. The van der Waals surface area contributed by atoms with Crippen molar-refractivity contribution in [2.45, 2.75) is 44.4 Å². The van der Waals surface area contributed by atoms with Crippen LogP contribution >= 0.6 is 24.0 Å². The normalized spacial score (nSPS) is 19.4. The molecule has 6 nitrogen and oxygen atoms in total. The molecule has 0 unspecified atom stereocenters. The van der Waals surface area contributed by atoms with Crippen molar-refractivity contribution in [2.24, 2.45) is 4.99 Å². The van der Waals surface area contributed by atoms with Gasteiger partial charge in [-0.3, -0.25) is 9.89 Å². The average Bonchev–Trinajstić information content (AvgIpc) is 3.26. The van der Waals surface area contributed by atoms with Crippen molar-refractivity contribution in [3.8, 4) is 5.75 Å². The molecule has 1 N–H and O–H groups in total. The van der Waals surface area contributed by atoms with Crippen molar-refractivity contribution in [1.29, 1.82) is 0 Å². The van der Waals surface area contributed by atoms with Crippen LogP contribution in [0.15, 0.2) is 29.3 Å². The molecule has 1 aromatic rings. The maximum Gasteiger partial charge on any atom is 0.387 e. The van der Waals surface area contributed by atoms with Gasteiger partial charge in [0.1, 0.15) is 5.75 Å². The van der Waals surface area contributed by atoms with Gasteiger partial charge in [0.05, 0.1) is 0 Å². The van der Waals surface area contributed by atoms with E-state index in [0.717, 1.165) is 57.2 Å². The molecule has 3 rings (SSSR count). The summed E-state index contributed by atoms with van der Waals surface area (Å²) in [5.74, 6) is 0.990. The van der Waals surface area contributed by atoms with E-state index in [1.54, 1.807) is 31.3 Å². The van der Waals surface area contributed by atoms with Crippen molar-refractivity contribution in [3.05, 3.63) is 29.8 Å². The average molecular weight is 538 g/mol. The molecule has 0 atom stereocenters. The molecule has 2 heterocycles. The Hall–Kier alpha value is -1.20. The molecule has 2 aliphatic heterocycles. The molecule has 0 amide bonds. The predicted octanol–water partition coefficient (Wildman–Crippen LogP) is 3.56.